The van der Waals surface area contributed by atoms with Crippen molar-refractivity contribution in [2.45, 2.75) is 6.92 Å². The number of nitrogens with zero attached hydrogens (tertiary/aromatic N) is 1. The Kier molecular flexibility index (Phi) is 5.29. The summed E-state index contributed by atoms with van der Waals surface area (Å²) in [5.74, 6) is -0.392. The average molecular weight is 419 g/mol. The lowest BCUT2D eigenvalue weighted by Gasteiger charge is -2.16. The third-order valence-electron chi connectivity index (χ3n) is 4.86. The van der Waals surface area contributed by atoms with Crippen molar-refractivity contribution in [3.63, 3.8) is 0 Å². The highest BCUT2D eigenvalue weighted by Gasteiger charge is 2.40. The fraction of sp³-hybridized carbons (Fsp3) is 0.0833. The lowest BCUT2D eigenvalue weighted by molar-refractivity contribution is -0.120. The standard InChI is InChI=1S/C24H19ClN2O3/c1-15-8-10-17(11-9-15)26-22-21(16-6-4-3-5-7-16)23(28)27(24(22)29)18-12-13-20(30-2)19(25)14-18/h3-14,26H,1-2H3. The van der Waals surface area contributed by atoms with E-state index in [0.717, 1.165) is 16.2 Å². The molecule has 2 amide bonds. The van der Waals surface area contributed by atoms with Crippen LogP contribution in [0.2, 0.25) is 5.02 Å². The van der Waals surface area contributed by atoms with Crippen molar-refractivity contribution in [2.75, 3.05) is 17.3 Å². The second-order valence-electron chi connectivity index (χ2n) is 6.87. The van der Waals surface area contributed by atoms with E-state index in [9.17, 15) is 9.59 Å². The van der Waals surface area contributed by atoms with Gasteiger partial charge in [0.05, 0.1) is 23.4 Å². The molecular weight excluding hydrogens is 400 g/mol. The summed E-state index contributed by atoms with van der Waals surface area (Å²) < 4.78 is 5.17. The molecule has 3 aromatic carbocycles. The number of hydrogen-bond donors (Lipinski definition) is 1. The van der Waals surface area contributed by atoms with Crippen molar-refractivity contribution < 1.29 is 14.3 Å². The Morgan fingerprint density at radius 1 is 0.900 bits per heavy atom. The van der Waals surface area contributed by atoms with Crippen molar-refractivity contribution in [1.82, 2.24) is 0 Å². The first kappa shape index (κ1) is 19.7. The van der Waals surface area contributed by atoms with Crippen LogP contribution in [0.1, 0.15) is 11.1 Å². The molecule has 1 aliphatic rings. The maximum atomic E-state index is 13.4. The lowest BCUT2D eigenvalue weighted by Crippen LogP contribution is -2.32. The second kappa shape index (κ2) is 8.05. The predicted molar refractivity (Wildman–Crippen MR) is 119 cm³/mol. The van der Waals surface area contributed by atoms with Crippen molar-refractivity contribution in [2.24, 2.45) is 0 Å². The van der Waals surface area contributed by atoms with E-state index in [0.29, 0.717) is 27.6 Å². The molecule has 150 valence electrons. The van der Waals surface area contributed by atoms with Gasteiger partial charge in [0.15, 0.2) is 0 Å². The zero-order valence-corrected chi connectivity index (χ0v) is 17.2. The Morgan fingerprint density at radius 3 is 2.23 bits per heavy atom. The highest BCUT2D eigenvalue weighted by atomic mass is 35.5. The van der Waals surface area contributed by atoms with E-state index < -0.39 is 11.8 Å². The number of hydrogen-bond acceptors (Lipinski definition) is 4. The summed E-state index contributed by atoms with van der Waals surface area (Å²) in [5.41, 5.74) is 3.40. The Bertz CT molecular complexity index is 1150. The van der Waals surface area contributed by atoms with Crippen LogP contribution >= 0.6 is 11.6 Å². The van der Waals surface area contributed by atoms with E-state index in [4.69, 9.17) is 16.3 Å². The molecule has 0 aromatic heterocycles. The maximum Gasteiger partial charge on any atom is 0.282 e. The van der Waals surface area contributed by atoms with Crippen LogP contribution in [0.15, 0.2) is 78.5 Å². The Labute approximate surface area is 179 Å². The number of ether oxygens (including phenoxy) is 1. The van der Waals surface area contributed by atoms with Crippen LogP contribution in [-0.4, -0.2) is 18.9 Å². The van der Waals surface area contributed by atoms with Crippen molar-refractivity contribution in [3.05, 3.63) is 94.6 Å². The number of methoxy groups -OCH3 is 1. The van der Waals surface area contributed by atoms with E-state index in [1.54, 1.807) is 18.2 Å². The Hall–Kier alpha value is -3.57. The molecule has 0 unspecified atom stereocenters. The van der Waals surface area contributed by atoms with Crippen molar-refractivity contribution in [1.29, 1.82) is 0 Å². The van der Waals surface area contributed by atoms with Crippen LogP contribution in [0, 0.1) is 6.92 Å². The van der Waals surface area contributed by atoms with E-state index in [1.807, 2.05) is 61.5 Å². The molecule has 0 saturated heterocycles. The molecule has 1 heterocycles. The highest BCUT2D eigenvalue weighted by molar-refractivity contribution is 6.46. The van der Waals surface area contributed by atoms with Crippen LogP contribution in [0.25, 0.3) is 5.57 Å². The summed E-state index contributed by atoms with van der Waals surface area (Å²) in [5, 5.41) is 3.46. The predicted octanol–water partition coefficient (Wildman–Crippen LogP) is 5.05. The molecule has 0 spiro atoms. The third-order valence-corrected chi connectivity index (χ3v) is 5.16. The van der Waals surface area contributed by atoms with Gasteiger partial charge in [-0.2, -0.15) is 0 Å². The smallest absolute Gasteiger partial charge is 0.282 e. The molecule has 0 radical (unpaired) electrons. The molecule has 0 fully saturated rings. The van der Waals surface area contributed by atoms with Crippen LogP contribution in [-0.2, 0) is 9.59 Å². The first-order chi connectivity index (χ1) is 14.5. The summed E-state index contributed by atoms with van der Waals surface area (Å²) in [6.07, 6.45) is 0. The molecule has 0 saturated carbocycles. The molecule has 5 nitrogen and oxygen atoms in total. The van der Waals surface area contributed by atoms with Gasteiger partial charge in [0.25, 0.3) is 11.8 Å². The van der Waals surface area contributed by atoms with Gasteiger partial charge in [0.1, 0.15) is 11.4 Å². The number of aryl methyl sites for hydroxylation is 1. The van der Waals surface area contributed by atoms with E-state index in [-0.39, 0.29) is 5.70 Å². The quantitative estimate of drug-likeness (QED) is 0.589. The normalized spacial score (nSPS) is 13.8. The number of carbonyl (C=O) groups excluding carboxylic acids is 2. The number of halogens is 1. The average Bonchev–Trinajstić information content (AvgIpc) is 2.99. The number of anilines is 2. The Balaban J connectivity index is 1.79. The molecule has 1 N–H and O–H groups in total. The van der Waals surface area contributed by atoms with Gasteiger partial charge >= 0.3 is 0 Å². The van der Waals surface area contributed by atoms with E-state index in [2.05, 4.69) is 5.32 Å². The molecule has 0 aliphatic carbocycles. The van der Waals surface area contributed by atoms with Gasteiger partial charge in [-0.05, 0) is 42.8 Å². The zero-order valence-electron chi connectivity index (χ0n) is 16.5. The van der Waals surface area contributed by atoms with Gasteiger partial charge in [0.2, 0.25) is 0 Å². The fourth-order valence-electron chi connectivity index (χ4n) is 3.33. The zero-order chi connectivity index (χ0) is 21.3. The van der Waals surface area contributed by atoms with Gasteiger partial charge in [0, 0.05) is 5.69 Å². The summed E-state index contributed by atoms with van der Waals surface area (Å²) in [7, 11) is 1.51. The topological polar surface area (TPSA) is 58.6 Å². The number of nitrogens with one attached hydrogen (secondary N) is 1. The summed E-state index contributed by atoms with van der Waals surface area (Å²) in [6.45, 7) is 1.98. The summed E-state index contributed by atoms with van der Waals surface area (Å²) in [4.78, 5) is 27.8. The monoisotopic (exact) mass is 418 g/mol. The minimum absolute atomic E-state index is 0.224. The molecule has 3 aromatic rings. The number of carbonyl (C=O) groups is 2. The maximum absolute atomic E-state index is 13.4. The van der Waals surface area contributed by atoms with Gasteiger partial charge in [-0.3, -0.25) is 9.59 Å². The molecular formula is C24H19ClN2O3. The molecule has 0 bridgehead atoms. The number of rotatable bonds is 5. The summed E-state index contributed by atoms with van der Waals surface area (Å²) in [6, 6.07) is 21.6. The first-order valence-electron chi connectivity index (χ1n) is 9.35. The molecule has 30 heavy (non-hydrogen) atoms. The van der Waals surface area contributed by atoms with Gasteiger partial charge in [-0.1, -0.05) is 59.6 Å². The fourth-order valence-corrected chi connectivity index (χ4v) is 3.58. The van der Waals surface area contributed by atoms with Crippen molar-refractivity contribution in [3.8, 4) is 5.75 Å². The van der Waals surface area contributed by atoms with Gasteiger partial charge in [-0.15, -0.1) is 0 Å². The largest absolute Gasteiger partial charge is 0.495 e. The number of amides is 2. The molecule has 1 aliphatic heterocycles. The highest BCUT2D eigenvalue weighted by Crippen LogP contribution is 2.36. The lowest BCUT2D eigenvalue weighted by atomic mass is 10.0. The third kappa shape index (κ3) is 3.55. The van der Waals surface area contributed by atoms with Crippen molar-refractivity contribution >= 4 is 40.4 Å². The van der Waals surface area contributed by atoms with E-state index >= 15 is 0 Å². The molecule has 4 rings (SSSR count). The minimum atomic E-state index is -0.444. The summed E-state index contributed by atoms with van der Waals surface area (Å²) >= 11 is 6.23. The molecule has 6 heteroatoms. The number of benzene rings is 3. The van der Waals surface area contributed by atoms with Crippen LogP contribution in [0.3, 0.4) is 0 Å². The second-order valence-corrected chi connectivity index (χ2v) is 7.28. The van der Waals surface area contributed by atoms with Gasteiger partial charge < -0.3 is 10.1 Å². The van der Waals surface area contributed by atoms with Crippen LogP contribution in [0.5, 0.6) is 5.75 Å². The van der Waals surface area contributed by atoms with E-state index in [1.165, 1.54) is 7.11 Å². The number of imide groups is 1. The first-order valence-corrected chi connectivity index (χ1v) is 9.73. The molecule has 0 atom stereocenters. The minimum Gasteiger partial charge on any atom is -0.495 e. The Morgan fingerprint density at radius 2 is 1.60 bits per heavy atom. The van der Waals surface area contributed by atoms with Crippen LogP contribution < -0.4 is 15.0 Å². The van der Waals surface area contributed by atoms with Crippen LogP contribution in [0.4, 0.5) is 11.4 Å². The van der Waals surface area contributed by atoms with Gasteiger partial charge in [-0.25, -0.2) is 4.90 Å². The SMILES string of the molecule is COc1ccc(N2C(=O)C(Nc3ccc(C)cc3)=C(c3ccccc3)C2=O)cc1Cl.